The van der Waals surface area contributed by atoms with Crippen molar-refractivity contribution in [3.8, 4) is 0 Å². The molecule has 0 radical (unpaired) electrons. The van der Waals surface area contributed by atoms with E-state index in [-0.39, 0.29) is 17.1 Å². The molecule has 25 heavy (non-hydrogen) atoms. The first-order chi connectivity index (χ1) is 12.1. The van der Waals surface area contributed by atoms with Gasteiger partial charge in [-0.25, -0.2) is 4.39 Å². The number of halogens is 1. The number of anilines is 1. The van der Waals surface area contributed by atoms with E-state index < -0.39 is 0 Å². The number of fused-ring (bicyclic) bond motifs is 2. The highest BCUT2D eigenvalue weighted by atomic mass is 19.1. The number of likely N-dealkylation sites (tertiary alicyclic amines) is 1. The lowest BCUT2D eigenvalue weighted by atomic mass is 9.74. The monoisotopic (exact) mass is 346 g/mol. The molecule has 0 bridgehead atoms. The summed E-state index contributed by atoms with van der Waals surface area (Å²) in [6.45, 7) is 7.21. The highest BCUT2D eigenvalue weighted by Gasteiger charge is 2.46. The Kier molecular flexibility index (Phi) is 4.54. The van der Waals surface area contributed by atoms with Gasteiger partial charge in [-0.1, -0.05) is 0 Å². The molecule has 1 amide bonds. The van der Waals surface area contributed by atoms with Gasteiger partial charge in [0.1, 0.15) is 5.82 Å². The van der Waals surface area contributed by atoms with Gasteiger partial charge in [0, 0.05) is 37.7 Å². The zero-order valence-electron chi connectivity index (χ0n) is 15.0. The van der Waals surface area contributed by atoms with Crippen LogP contribution in [0.3, 0.4) is 0 Å². The zero-order valence-corrected chi connectivity index (χ0v) is 15.0. The average Bonchev–Trinajstić information content (AvgIpc) is 2.92. The Morgan fingerprint density at radius 3 is 2.84 bits per heavy atom. The second-order valence-corrected chi connectivity index (χ2v) is 7.93. The molecule has 1 unspecified atom stereocenters. The van der Waals surface area contributed by atoms with E-state index in [9.17, 15) is 9.18 Å². The Morgan fingerprint density at radius 2 is 2.16 bits per heavy atom. The van der Waals surface area contributed by atoms with Gasteiger partial charge < -0.3 is 14.5 Å². The topological polar surface area (TPSA) is 32.8 Å². The van der Waals surface area contributed by atoms with E-state index in [1.54, 1.807) is 19.1 Å². The van der Waals surface area contributed by atoms with Crippen molar-refractivity contribution in [2.75, 3.05) is 44.3 Å². The van der Waals surface area contributed by atoms with Gasteiger partial charge in [0.25, 0.3) is 0 Å². The minimum atomic E-state index is -0.203. The molecule has 3 aliphatic heterocycles. The van der Waals surface area contributed by atoms with Crippen LogP contribution in [0, 0.1) is 11.7 Å². The molecule has 1 aromatic rings. The van der Waals surface area contributed by atoms with Gasteiger partial charge in [-0.2, -0.15) is 0 Å². The molecule has 3 heterocycles. The van der Waals surface area contributed by atoms with Crippen LogP contribution in [0.2, 0.25) is 0 Å². The van der Waals surface area contributed by atoms with Crippen molar-refractivity contribution in [1.82, 2.24) is 4.90 Å². The molecule has 0 N–H and O–H groups in total. The fourth-order valence-electron chi connectivity index (χ4n) is 4.83. The molecule has 3 aliphatic rings. The van der Waals surface area contributed by atoms with Crippen molar-refractivity contribution in [3.63, 3.8) is 0 Å². The van der Waals surface area contributed by atoms with Gasteiger partial charge in [0.15, 0.2) is 0 Å². The number of benzene rings is 1. The number of carbonyl (C=O) groups excluding carboxylic acids is 1. The van der Waals surface area contributed by atoms with Crippen LogP contribution < -0.4 is 4.90 Å². The first kappa shape index (κ1) is 17.0. The van der Waals surface area contributed by atoms with Crippen LogP contribution in [0.25, 0.3) is 0 Å². The summed E-state index contributed by atoms with van der Waals surface area (Å²) >= 11 is 0. The van der Waals surface area contributed by atoms with Crippen LogP contribution in [0.5, 0.6) is 0 Å². The Labute approximate surface area is 148 Å². The number of amides is 1. The van der Waals surface area contributed by atoms with Crippen LogP contribution >= 0.6 is 0 Å². The maximum absolute atomic E-state index is 13.9. The minimum Gasteiger partial charge on any atom is -0.381 e. The molecular formula is C20H27FN2O2. The zero-order chi connectivity index (χ0) is 17.4. The summed E-state index contributed by atoms with van der Waals surface area (Å²) in [7, 11) is 0. The highest BCUT2D eigenvalue weighted by Crippen LogP contribution is 2.47. The van der Waals surface area contributed by atoms with Crippen molar-refractivity contribution < 1.29 is 13.9 Å². The third kappa shape index (κ3) is 3.20. The predicted molar refractivity (Wildman–Crippen MR) is 95.3 cm³/mol. The molecule has 0 aliphatic carbocycles. The fraction of sp³-hybridized carbons (Fsp3) is 0.650. The summed E-state index contributed by atoms with van der Waals surface area (Å²) < 4.78 is 19.5. The summed E-state index contributed by atoms with van der Waals surface area (Å²) in [6.07, 6.45) is 4.40. The predicted octanol–water partition coefficient (Wildman–Crippen LogP) is 2.95. The summed E-state index contributed by atoms with van der Waals surface area (Å²) in [4.78, 5) is 16.4. The second-order valence-electron chi connectivity index (χ2n) is 7.93. The SMILES string of the molecule is CC(=O)N1CC2(CCN(CC3CCCOC3)CC2)c2cc(F)ccc21. The molecular weight excluding hydrogens is 319 g/mol. The van der Waals surface area contributed by atoms with E-state index in [0.717, 1.165) is 56.9 Å². The summed E-state index contributed by atoms with van der Waals surface area (Å²) in [5.41, 5.74) is 1.86. The third-order valence-electron chi connectivity index (χ3n) is 6.25. The molecule has 2 fully saturated rings. The molecule has 2 saturated heterocycles. The minimum absolute atomic E-state index is 0.0477. The molecule has 1 atom stereocenters. The fourth-order valence-corrected chi connectivity index (χ4v) is 4.83. The van der Waals surface area contributed by atoms with Gasteiger partial charge in [-0.3, -0.25) is 4.79 Å². The van der Waals surface area contributed by atoms with Crippen LogP contribution in [0.15, 0.2) is 18.2 Å². The number of ether oxygens (including phenoxy) is 1. The molecule has 1 spiro atoms. The number of hydrogen-bond acceptors (Lipinski definition) is 3. The van der Waals surface area contributed by atoms with Crippen LogP contribution in [-0.4, -0.2) is 50.2 Å². The number of nitrogens with zero attached hydrogens (tertiary/aromatic N) is 2. The van der Waals surface area contributed by atoms with Crippen molar-refractivity contribution in [2.24, 2.45) is 5.92 Å². The number of hydrogen-bond donors (Lipinski definition) is 0. The van der Waals surface area contributed by atoms with Crippen LogP contribution in [-0.2, 0) is 14.9 Å². The Hall–Kier alpha value is -1.46. The molecule has 5 heteroatoms. The van der Waals surface area contributed by atoms with Crippen LogP contribution in [0.1, 0.15) is 38.2 Å². The van der Waals surface area contributed by atoms with E-state index in [1.807, 2.05) is 4.90 Å². The van der Waals surface area contributed by atoms with E-state index in [4.69, 9.17) is 4.74 Å². The molecule has 4 nitrogen and oxygen atoms in total. The maximum Gasteiger partial charge on any atom is 0.223 e. The van der Waals surface area contributed by atoms with Gasteiger partial charge in [0.05, 0.1) is 6.61 Å². The second kappa shape index (κ2) is 6.69. The van der Waals surface area contributed by atoms with Crippen molar-refractivity contribution in [2.45, 2.75) is 38.0 Å². The third-order valence-corrected chi connectivity index (χ3v) is 6.25. The van der Waals surface area contributed by atoms with E-state index in [2.05, 4.69) is 4.90 Å². The Bertz CT molecular complexity index is 649. The van der Waals surface area contributed by atoms with E-state index >= 15 is 0 Å². The molecule has 1 aromatic carbocycles. The quantitative estimate of drug-likeness (QED) is 0.825. The smallest absolute Gasteiger partial charge is 0.223 e. The van der Waals surface area contributed by atoms with Gasteiger partial charge >= 0.3 is 0 Å². The standard InChI is InChI=1S/C20H27FN2O2/c1-15(24)23-14-20(18-11-17(21)4-5-19(18)23)6-8-22(9-7-20)12-16-3-2-10-25-13-16/h4-5,11,16H,2-3,6-10,12-14H2,1H3. The lowest BCUT2D eigenvalue weighted by Gasteiger charge is -2.41. The largest absolute Gasteiger partial charge is 0.381 e. The Balaban J connectivity index is 1.48. The van der Waals surface area contributed by atoms with Crippen LogP contribution in [0.4, 0.5) is 10.1 Å². The van der Waals surface area contributed by atoms with E-state index in [0.29, 0.717) is 12.5 Å². The van der Waals surface area contributed by atoms with Crippen molar-refractivity contribution in [3.05, 3.63) is 29.6 Å². The number of piperidine rings is 1. The number of carbonyl (C=O) groups is 1. The first-order valence-corrected chi connectivity index (χ1v) is 9.46. The van der Waals surface area contributed by atoms with Gasteiger partial charge in [-0.15, -0.1) is 0 Å². The summed E-state index contributed by atoms with van der Waals surface area (Å²) in [5, 5.41) is 0. The number of rotatable bonds is 2. The van der Waals surface area contributed by atoms with Crippen molar-refractivity contribution in [1.29, 1.82) is 0 Å². The molecule has 136 valence electrons. The average molecular weight is 346 g/mol. The van der Waals surface area contributed by atoms with Crippen molar-refractivity contribution >= 4 is 11.6 Å². The Morgan fingerprint density at radius 1 is 1.36 bits per heavy atom. The normalized spacial score (nSPS) is 26.0. The maximum atomic E-state index is 13.9. The lowest BCUT2D eigenvalue weighted by molar-refractivity contribution is -0.116. The highest BCUT2D eigenvalue weighted by molar-refractivity contribution is 5.94. The lowest BCUT2D eigenvalue weighted by Crippen LogP contribution is -2.47. The van der Waals surface area contributed by atoms with E-state index in [1.165, 1.54) is 18.9 Å². The summed E-state index contributed by atoms with van der Waals surface area (Å²) in [5.74, 6) is 0.488. The summed E-state index contributed by atoms with van der Waals surface area (Å²) in [6, 6.07) is 4.89. The molecule has 0 saturated carbocycles. The first-order valence-electron chi connectivity index (χ1n) is 9.46. The van der Waals surface area contributed by atoms with Gasteiger partial charge in [0.2, 0.25) is 5.91 Å². The molecule has 0 aromatic heterocycles. The van der Waals surface area contributed by atoms with Gasteiger partial charge in [-0.05, 0) is 68.5 Å². The molecule has 4 rings (SSSR count).